The first kappa shape index (κ1) is 16.3. The highest BCUT2D eigenvalue weighted by Gasteiger charge is 2.29. The molecule has 2 aromatic carbocycles. The Balaban J connectivity index is 1.70. The molecule has 0 bridgehead atoms. The van der Waals surface area contributed by atoms with Gasteiger partial charge < -0.3 is 10.2 Å². The number of benzene rings is 2. The van der Waals surface area contributed by atoms with Gasteiger partial charge in [0, 0.05) is 17.0 Å². The Labute approximate surface area is 146 Å². The SMILES string of the molecule is C[C@@H](C(=O)Nc1cc(Cl)ccc1Cl)[NH+]1CCc2ccccc2C1. The number of quaternary nitrogens is 1. The van der Waals surface area contributed by atoms with Crippen LogP contribution in [0.2, 0.25) is 10.0 Å². The Morgan fingerprint density at radius 2 is 1.91 bits per heavy atom. The third-order valence-corrected chi connectivity index (χ3v) is 5.01. The number of rotatable bonds is 3. The van der Waals surface area contributed by atoms with Gasteiger partial charge in [0.25, 0.3) is 5.91 Å². The molecule has 0 fully saturated rings. The topological polar surface area (TPSA) is 33.5 Å². The summed E-state index contributed by atoms with van der Waals surface area (Å²) in [6.07, 6.45) is 1.00. The van der Waals surface area contributed by atoms with E-state index in [-0.39, 0.29) is 11.9 Å². The van der Waals surface area contributed by atoms with E-state index >= 15 is 0 Å². The Kier molecular flexibility index (Phi) is 4.90. The van der Waals surface area contributed by atoms with Crippen molar-refractivity contribution < 1.29 is 9.69 Å². The van der Waals surface area contributed by atoms with Crippen molar-refractivity contribution in [3.8, 4) is 0 Å². The van der Waals surface area contributed by atoms with Gasteiger partial charge in [0.2, 0.25) is 0 Å². The van der Waals surface area contributed by atoms with Crippen LogP contribution in [-0.2, 0) is 17.8 Å². The summed E-state index contributed by atoms with van der Waals surface area (Å²) in [5, 5.41) is 3.94. The molecule has 1 heterocycles. The smallest absolute Gasteiger partial charge is 0.282 e. The van der Waals surface area contributed by atoms with Gasteiger partial charge in [-0.3, -0.25) is 4.79 Å². The van der Waals surface area contributed by atoms with Crippen LogP contribution in [0.5, 0.6) is 0 Å². The Hall–Kier alpha value is -1.55. The van der Waals surface area contributed by atoms with E-state index in [1.807, 2.05) is 6.92 Å². The van der Waals surface area contributed by atoms with Gasteiger partial charge in [0.05, 0.1) is 17.3 Å². The van der Waals surface area contributed by atoms with Crippen LogP contribution in [0.15, 0.2) is 42.5 Å². The summed E-state index contributed by atoms with van der Waals surface area (Å²) in [5.41, 5.74) is 3.28. The monoisotopic (exact) mass is 349 g/mol. The predicted octanol–water partition coefficient (Wildman–Crippen LogP) is 2.96. The quantitative estimate of drug-likeness (QED) is 0.877. The van der Waals surface area contributed by atoms with E-state index in [4.69, 9.17) is 23.2 Å². The third kappa shape index (κ3) is 3.69. The van der Waals surface area contributed by atoms with Crippen LogP contribution in [0.25, 0.3) is 0 Å². The van der Waals surface area contributed by atoms with Gasteiger partial charge in [-0.05, 0) is 30.7 Å². The second kappa shape index (κ2) is 6.91. The maximum Gasteiger partial charge on any atom is 0.282 e. The summed E-state index contributed by atoms with van der Waals surface area (Å²) in [7, 11) is 0. The number of carbonyl (C=O) groups is 1. The van der Waals surface area contributed by atoms with Crippen molar-refractivity contribution in [2.45, 2.75) is 25.9 Å². The predicted molar refractivity (Wildman–Crippen MR) is 94.2 cm³/mol. The van der Waals surface area contributed by atoms with E-state index in [2.05, 4.69) is 29.6 Å². The minimum Gasteiger partial charge on any atom is -0.321 e. The number of halogens is 2. The second-order valence-corrected chi connectivity index (χ2v) is 6.78. The lowest BCUT2D eigenvalue weighted by molar-refractivity contribution is -0.929. The van der Waals surface area contributed by atoms with E-state index in [1.165, 1.54) is 16.0 Å². The molecular formula is C18H19Cl2N2O+. The fourth-order valence-corrected chi connectivity index (χ4v) is 3.33. The summed E-state index contributed by atoms with van der Waals surface area (Å²) in [4.78, 5) is 13.8. The number of nitrogens with one attached hydrogen (secondary N) is 2. The van der Waals surface area contributed by atoms with Gasteiger partial charge in [0.1, 0.15) is 6.54 Å². The summed E-state index contributed by atoms with van der Waals surface area (Å²) < 4.78 is 0. The van der Waals surface area contributed by atoms with Crippen molar-refractivity contribution in [1.29, 1.82) is 0 Å². The highest BCUT2D eigenvalue weighted by molar-refractivity contribution is 6.35. The molecule has 23 heavy (non-hydrogen) atoms. The summed E-state index contributed by atoms with van der Waals surface area (Å²) >= 11 is 12.1. The highest BCUT2D eigenvalue weighted by atomic mass is 35.5. The lowest BCUT2D eigenvalue weighted by Gasteiger charge is -2.30. The Morgan fingerprint density at radius 3 is 2.70 bits per heavy atom. The summed E-state index contributed by atoms with van der Waals surface area (Å²) in [6, 6.07) is 13.4. The molecule has 1 amide bonds. The van der Waals surface area contributed by atoms with Gasteiger partial charge in [0.15, 0.2) is 6.04 Å². The average molecular weight is 350 g/mol. The van der Waals surface area contributed by atoms with Crippen LogP contribution < -0.4 is 10.2 Å². The summed E-state index contributed by atoms with van der Waals surface area (Å²) in [6.45, 7) is 3.78. The zero-order valence-corrected chi connectivity index (χ0v) is 14.4. The van der Waals surface area contributed by atoms with Crippen molar-refractivity contribution in [2.24, 2.45) is 0 Å². The van der Waals surface area contributed by atoms with E-state index in [9.17, 15) is 4.79 Å². The number of fused-ring (bicyclic) bond motifs is 1. The van der Waals surface area contributed by atoms with Crippen LogP contribution in [0.3, 0.4) is 0 Å². The first-order valence-electron chi connectivity index (χ1n) is 7.72. The molecule has 0 spiro atoms. The third-order valence-electron chi connectivity index (χ3n) is 4.44. The van der Waals surface area contributed by atoms with E-state index in [0.717, 1.165) is 19.5 Å². The maximum atomic E-state index is 12.6. The zero-order valence-electron chi connectivity index (χ0n) is 12.9. The van der Waals surface area contributed by atoms with Crippen LogP contribution in [0.1, 0.15) is 18.1 Å². The van der Waals surface area contributed by atoms with Crippen molar-refractivity contribution >= 4 is 34.8 Å². The lowest BCUT2D eigenvalue weighted by atomic mass is 9.99. The largest absolute Gasteiger partial charge is 0.321 e. The van der Waals surface area contributed by atoms with Gasteiger partial charge in [-0.15, -0.1) is 0 Å². The molecule has 1 unspecified atom stereocenters. The number of hydrogen-bond donors (Lipinski definition) is 2. The molecule has 3 nitrogen and oxygen atoms in total. The van der Waals surface area contributed by atoms with Crippen LogP contribution >= 0.6 is 23.2 Å². The Morgan fingerprint density at radius 1 is 1.17 bits per heavy atom. The van der Waals surface area contributed by atoms with Gasteiger partial charge >= 0.3 is 0 Å². The molecule has 0 aromatic heterocycles. The van der Waals surface area contributed by atoms with Crippen LogP contribution in [-0.4, -0.2) is 18.5 Å². The highest BCUT2D eigenvalue weighted by Crippen LogP contribution is 2.25. The molecule has 2 atom stereocenters. The zero-order chi connectivity index (χ0) is 16.4. The standard InChI is InChI=1S/C18H18Cl2N2O/c1-12(18(23)21-17-10-15(19)6-7-16(17)20)22-9-8-13-4-2-3-5-14(13)11-22/h2-7,10,12H,8-9,11H2,1H3,(H,21,23)/p+1/t12-/m0/s1. The molecule has 1 aliphatic rings. The van der Waals surface area contributed by atoms with E-state index < -0.39 is 0 Å². The summed E-state index contributed by atoms with van der Waals surface area (Å²) in [5.74, 6) is -0.0384. The molecule has 2 N–H and O–H groups in total. The molecule has 3 rings (SSSR count). The molecule has 0 aliphatic carbocycles. The fourth-order valence-electron chi connectivity index (χ4n) is 2.99. The van der Waals surface area contributed by atoms with Gasteiger partial charge in [-0.2, -0.15) is 0 Å². The van der Waals surface area contributed by atoms with Crippen molar-refractivity contribution in [2.75, 3.05) is 11.9 Å². The molecule has 0 saturated heterocycles. The first-order chi connectivity index (χ1) is 11.0. The molecule has 5 heteroatoms. The number of anilines is 1. The number of hydrogen-bond acceptors (Lipinski definition) is 1. The van der Waals surface area contributed by atoms with E-state index in [1.54, 1.807) is 18.2 Å². The fraction of sp³-hybridized carbons (Fsp3) is 0.278. The molecule has 120 valence electrons. The molecule has 2 aromatic rings. The maximum absolute atomic E-state index is 12.6. The molecular weight excluding hydrogens is 331 g/mol. The first-order valence-corrected chi connectivity index (χ1v) is 8.47. The number of carbonyl (C=O) groups excluding carboxylic acids is 1. The van der Waals surface area contributed by atoms with Gasteiger partial charge in [-0.25, -0.2) is 0 Å². The second-order valence-electron chi connectivity index (χ2n) is 5.94. The van der Waals surface area contributed by atoms with Crippen molar-refractivity contribution in [1.82, 2.24) is 0 Å². The molecule has 1 aliphatic heterocycles. The van der Waals surface area contributed by atoms with Crippen LogP contribution in [0, 0.1) is 0 Å². The van der Waals surface area contributed by atoms with Crippen molar-refractivity contribution in [3.63, 3.8) is 0 Å². The minimum atomic E-state index is -0.154. The number of amides is 1. The normalized spacial score (nSPS) is 18.1. The lowest BCUT2D eigenvalue weighted by Crippen LogP contribution is -3.16. The van der Waals surface area contributed by atoms with Gasteiger partial charge in [-0.1, -0.05) is 47.5 Å². The minimum absolute atomic E-state index is 0.0384. The molecule has 0 radical (unpaired) electrons. The van der Waals surface area contributed by atoms with Crippen LogP contribution in [0.4, 0.5) is 5.69 Å². The molecule has 0 saturated carbocycles. The van der Waals surface area contributed by atoms with E-state index in [0.29, 0.717) is 15.7 Å². The average Bonchev–Trinajstić information content (AvgIpc) is 2.57. The Bertz CT molecular complexity index is 733. The van der Waals surface area contributed by atoms with Crippen molar-refractivity contribution in [3.05, 3.63) is 63.6 Å².